The molecule has 0 unspecified atom stereocenters. The maximum absolute atomic E-state index is 10.2. The van der Waals surface area contributed by atoms with Crippen molar-refractivity contribution in [2.75, 3.05) is 13.7 Å². The van der Waals surface area contributed by atoms with Gasteiger partial charge in [-0.3, -0.25) is 10.2 Å². The number of carbonyl (C=O) groups excluding carboxylic acids is 1. The van der Waals surface area contributed by atoms with Gasteiger partial charge in [-0.15, -0.1) is 0 Å². The molecule has 3 N–H and O–H groups in total. The highest BCUT2D eigenvalue weighted by Gasteiger charge is 1.84. The van der Waals surface area contributed by atoms with Gasteiger partial charge < -0.3 is 10.7 Å². The number of nitrogens with zero attached hydrogens (tertiary/aromatic N) is 2. The average Bonchev–Trinajstić information content (AvgIpc) is 2.02. The van der Waals surface area contributed by atoms with Gasteiger partial charge in [0.05, 0.1) is 7.05 Å². The third-order valence-corrected chi connectivity index (χ3v) is 0.587. The summed E-state index contributed by atoms with van der Waals surface area (Å²) in [5.41, 5.74) is 2.49. The third kappa shape index (κ3) is 17.7. The Morgan fingerprint density at radius 3 is 2.55 bits per heavy atom. The summed E-state index contributed by atoms with van der Waals surface area (Å²) in [5, 5.41) is 14.8. The topological polar surface area (TPSA) is 89.7 Å². The molecule has 0 bridgehead atoms. The molecule has 6 nitrogen and oxygen atoms in total. The first kappa shape index (κ1) is 12.2. The summed E-state index contributed by atoms with van der Waals surface area (Å²) in [7, 11) is 1.54. The summed E-state index contributed by atoms with van der Waals surface area (Å²) >= 11 is 0. The molecule has 0 aliphatic heterocycles. The van der Waals surface area contributed by atoms with E-state index < -0.39 is 0 Å². The fraction of sp³-hybridized carbons (Fsp3) is 0.600. The van der Waals surface area contributed by atoms with Gasteiger partial charge in [0, 0.05) is 6.92 Å². The Hall–Kier alpha value is -1.46. The van der Waals surface area contributed by atoms with Crippen molar-refractivity contribution >= 4 is 12.6 Å². The van der Waals surface area contributed by atoms with Crippen molar-refractivity contribution in [2.24, 2.45) is 10.3 Å². The van der Waals surface area contributed by atoms with E-state index in [0.29, 0.717) is 6.67 Å². The Balaban J connectivity index is 0. The van der Waals surface area contributed by atoms with Crippen molar-refractivity contribution in [1.29, 1.82) is 5.41 Å². The highest BCUT2D eigenvalue weighted by molar-refractivity contribution is 5.72. The highest BCUT2D eigenvalue weighted by Crippen LogP contribution is 1.59. The maximum atomic E-state index is 10.2. The van der Waals surface area contributed by atoms with Crippen LogP contribution in [-0.4, -0.2) is 26.3 Å². The maximum Gasteiger partial charge on any atom is 0.218 e. The van der Waals surface area contributed by atoms with E-state index in [9.17, 15) is 4.79 Å². The number of hydrogen-bond donors (Lipinski definition) is 3. The summed E-state index contributed by atoms with van der Waals surface area (Å²) in [6.07, 6.45) is 0. The minimum atomic E-state index is -0.0891. The summed E-state index contributed by atoms with van der Waals surface area (Å²) in [5.74, 6) is -0.0891. The molecule has 6 heteroatoms. The van der Waals surface area contributed by atoms with E-state index in [1.54, 1.807) is 7.05 Å². The zero-order chi connectivity index (χ0) is 9.11. The summed E-state index contributed by atoms with van der Waals surface area (Å²) in [4.78, 5) is 10.2. The monoisotopic (exact) mass is 159 g/mol. The molecule has 0 aromatic rings. The lowest BCUT2D eigenvalue weighted by Crippen LogP contribution is -2.28. The zero-order valence-electron chi connectivity index (χ0n) is 6.72. The number of hydrogen-bond acceptors (Lipinski definition) is 4. The molecule has 11 heavy (non-hydrogen) atoms. The molecule has 0 aromatic carbocycles. The predicted octanol–water partition coefficient (Wildman–Crippen LogP) is -0.0676. The van der Waals surface area contributed by atoms with E-state index in [1.165, 1.54) is 6.92 Å². The summed E-state index contributed by atoms with van der Waals surface area (Å²) in [6.45, 7) is 4.26. The van der Waals surface area contributed by atoms with Crippen molar-refractivity contribution < 1.29 is 4.79 Å². The van der Waals surface area contributed by atoms with Crippen molar-refractivity contribution in [2.45, 2.75) is 6.92 Å². The Labute approximate surface area is 65.6 Å². The van der Waals surface area contributed by atoms with E-state index in [4.69, 9.17) is 5.41 Å². The van der Waals surface area contributed by atoms with Gasteiger partial charge in [0.25, 0.3) is 0 Å². The van der Waals surface area contributed by atoms with Gasteiger partial charge in [-0.1, -0.05) is 5.22 Å². The van der Waals surface area contributed by atoms with Crippen LogP contribution in [0.3, 0.4) is 0 Å². The minimum Gasteiger partial charge on any atom is -0.338 e. The van der Waals surface area contributed by atoms with Crippen LogP contribution in [0, 0.1) is 5.41 Å². The van der Waals surface area contributed by atoms with Gasteiger partial charge in [0.15, 0.2) is 0 Å². The second kappa shape index (κ2) is 11.4. The fourth-order valence-corrected chi connectivity index (χ4v) is 0.270. The quantitative estimate of drug-likeness (QED) is 0.177. The minimum absolute atomic E-state index is 0.0891. The molecule has 0 spiro atoms. The smallest absolute Gasteiger partial charge is 0.218 e. The van der Waals surface area contributed by atoms with Crippen molar-refractivity contribution in [1.82, 2.24) is 10.7 Å². The molecule has 0 heterocycles. The lowest BCUT2D eigenvalue weighted by molar-refractivity contribution is -0.119. The lowest BCUT2D eigenvalue weighted by Gasteiger charge is -1.97. The third-order valence-electron chi connectivity index (χ3n) is 0.587. The molecular formula is C5H13N5O. The molecule has 0 atom stereocenters. The normalized spacial score (nSPS) is 8.18. The van der Waals surface area contributed by atoms with Crippen LogP contribution < -0.4 is 10.7 Å². The van der Waals surface area contributed by atoms with Crippen LogP contribution in [0.4, 0.5) is 0 Å². The first-order chi connectivity index (χ1) is 5.27. The van der Waals surface area contributed by atoms with Gasteiger partial charge in [-0.05, 0) is 6.72 Å². The van der Waals surface area contributed by atoms with Gasteiger partial charge in [-0.2, -0.15) is 5.11 Å². The van der Waals surface area contributed by atoms with Crippen LogP contribution in [0.25, 0.3) is 0 Å². The Kier molecular flexibility index (Phi) is 12.6. The van der Waals surface area contributed by atoms with Gasteiger partial charge in [0.2, 0.25) is 5.91 Å². The van der Waals surface area contributed by atoms with Gasteiger partial charge >= 0.3 is 0 Å². The molecular weight excluding hydrogens is 146 g/mol. The fourth-order valence-electron chi connectivity index (χ4n) is 0.270. The van der Waals surface area contributed by atoms with E-state index in [0.717, 1.165) is 0 Å². The predicted molar refractivity (Wildman–Crippen MR) is 42.4 cm³/mol. The molecule has 0 aliphatic carbocycles. The van der Waals surface area contributed by atoms with E-state index >= 15 is 0 Å². The Morgan fingerprint density at radius 1 is 1.64 bits per heavy atom. The van der Waals surface area contributed by atoms with E-state index in [1.807, 2.05) is 0 Å². The number of amides is 1. The molecule has 0 aromatic heterocycles. The van der Waals surface area contributed by atoms with Crippen molar-refractivity contribution in [3.8, 4) is 0 Å². The molecule has 64 valence electrons. The SMILES string of the molecule is C=N.CN=NNCNC(C)=O. The first-order valence-corrected chi connectivity index (χ1v) is 2.89. The van der Waals surface area contributed by atoms with Crippen LogP contribution in [0.1, 0.15) is 6.92 Å². The van der Waals surface area contributed by atoms with Crippen LogP contribution in [0.2, 0.25) is 0 Å². The summed E-state index contributed by atoms with van der Waals surface area (Å²) in [6, 6.07) is 0. The van der Waals surface area contributed by atoms with Crippen LogP contribution >= 0.6 is 0 Å². The molecule has 0 rings (SSSR count). The van der Waals surface area contributed by atoms with E-state index in [2.05, 4.69) is 27.8 Å². The second-order valence-corrected chi connectivity index (χ2v) is 1.37. The number of carbonyl (C=O) groups is 1. The van der Waals surface area contributed by atoms with Crippen molar-refractivity contribution in [3.05, 3.63) is 0 Å². The van der Waals surface area contributed by atoms with E-state index in [-0.39, 0.29) is 5.91 Å². The Bertz CT molecular complexity index is 124. The van der Waals surface area contributed by atoms with Crippen LogP contribution in [0.5, 0.6) is 0 Å². The van der Waals surface area contributed by atoms with Crippen molar-refractivity contribution in [3.63, 3.8) is 0 Å². The van der Waals surface area contributed by atoms with Crippen LogP contribution in [0.15, 0.2) is 10.3 Å². The standard InChI is InChI=1S/C4H10N4O.CH3N/c1-4(9)6-3-7-8-5-2;1-2/h3H2,1-2H3,(H,5,7)(H,6,9);2H,1H2. The first-order valence-electron chi connectivity index (χ1n) is 2.89. The lowest BCUT2D eigenvalue weighted by atomic mass is 10.7. The zero-order valence-corrected chi connectivity index (χ0v) is 6.72. The number of rotatable bonds is 3. The highest BCUT2D eigenvalue weighted by atomic mass is 16.1. The van der Waals surface area contributed by atoms with Crippen LogP contribution in [-0.2, 0) is 4.79 Å². The molecule has 0 fully saturated rings. The molecule has 0 radical (unpaired) electrons. The molecule has 0 saturated heterocycles. The second-order valence-electron chi connectivity index (χ2n) is 1.37. The molecule has 0 aliphatic rings. The molecule has 0 saturated carbocycles. The van der Waals surface area contributed by atoms with Gasteiger partial charge in [-0.25, -0.2) is 0 Å². The Morgan fingerprint density at radius 2 is 2.18 bits per heavy atom. The molecule has 1 amide bonds. The average molecular weight is 159 g/mol. The largest absolute Gasteiger partial charge is 0.338 e. The summed E-state index contributed by atoms with van der Waals surface area (Å²) < 4.78 is 0. The van der Waals surface area contributed by atoms with Gasteiger partial charge in [0.1, 0.15) is 6.67 Å². The number of nitrogens with one attached hydrogen (secondary N) is 3.